The summed E-state index contributed by atoms with van der Waals surface area (Å²) in [6.45, 7) is 6.37. The van der Waals surface area contributed by atoms with Gasteiger partial charge in [-0.05, 0) is 92.9 Å². The molecule has 6 atom stereocenters. The van der Waals surface area contributed by atoms with E-state index in [0.29, 0.717) is 17.8 Å². The Labute approximate surface area is 200 Å². The number of fused-ring (bicyclic) bond motifs is 6. The number of rotatable bonds is 2. The molecule has 3 aliphatic carbocycles. The molecule has 4 aliphatic rings. The van der Waals surface area contributed by atoms with Gasteiger partial charge in [-0.25, -0.2) is 9.07 Å². The minimum Gasteiger partial charge on any atom is -0.462 e. The molecular weight excluding hydrogens is 429 g/mol. The smallest absolute Gasteiger partial charge is 0.302 e. The van der Waals surface area contributed by atoms with Gasteiger partial charge in [-0.15, -0.1) is 0 Å². The zero-order valence-corrected chi connectivity index (χ0v) is 20.3. The second kappa shape index (κ2) is 7.69. The van der Waals surface area contributed by atoms with Gasteiger partial charge in [-0.2, -0.15) is 5.10 Å². The molecule has 1 aliphatic heterocycles. The van der Waals surface area contributed by atoms with Crippen LogP contribution in [-0.2, 0) is 16.0 Å². The van der Waals surface area contributed by atoms with E-state index >= 15 is 0 Å². The monoisotopic (exact) mass is 463 g/mol. The number of halogens is 1. The van der Waals surface area contributed by atoms with Gasteiger partial charge in [0.2, 0.25) is 0 Å². The van der Waals surface area contributed by atoms with Crippen LogP contribution in [0.1, 0.15) is 64.9 Å². The number of allylic oxidation sites excluding steroid dienone is 1. The van der Waals surface area contributed by atoms with Crippen molar-refractivity contribution < 1.29 is 13.9 Å². The summed E-state index contributed by atoms with van der Waals surface area (Å²) in [7, 11) is 0. The van der Waals surface area contributed by atoms with E-state index in [2.05, 4.69) is 30.3 Å². The third-order valence-electron chi connectivity index (χ3n) is 9.54. The molecule has 0 saturated heterocycles. The highest BCUT2D eigenvalue weighted by Crippen LogP contribution is 2.61. The molecule has 34 heavy (non-hydrogen) atoms. The molecule has 2 heterocycles. The van der Waals surface area contributed by atoms with E-state index in [1.54, 1.807) is 12.1 Å². The van der Waals surface area contributed by atoms with Crippen LogP contribution in [0.2, 0.25) is 0 Å². The number of aromatic nitrogens is 2. The first-order valence-electron chi connectivity index (χ1n) is 12.7. The Balaban J connectivity index is 1.29. The van der Waals surface area contributed by atoms with Crippen molar-refractivity contribution in [3.8, 4) is 5.69 Å². The lowest BCUT2D eigenvalue weighted by Crippen LogP contribution is -2.58. The summed E-state index contributed by atoms with van der Waals surface area (Å²) >= 11 is 0. The van der Waals surface area contributed by atoms with Crippen LogP contribution in [-0.4, -0.2) is 27.4 Å². The van der Waals surface area contributed by atoms with Gasteiger partial charge in [0.25, 0.3) is 0 Å². The molecule has 6 unspecified atom stereocenters. The van der Waals surface area contributed by atoms with Gasteiger partial charge in [0.05, 0.1) is 11.9 Å². The first kappa shape index (κ1) is 21.9. The molecule has 0 radical (unpaired) electrons. The van der Waals surface area contributed by atoms with Gasteiger partial charge >= 0.3 is 5.97 Å². The van der Waals surface area contributed by atoms with Crippen molar-refractivity contribution in [3.05, 3.63) is 53.5 Å². The number of esters is 1. The maximum absolute atomic E-state index is 13.5. The van der Waals surface area contributed by atoms with Gasteiger partial charge in [-0.3, -0.25) is 4.79 Å². The average molecular weight is 464 g/mol. The summed E-state index contributed by atoms with van der Waals surface area (Å²) < 4.78 is 21.0. The van der Waals surface area contributed by atoms with Crippen LogP contribution in [0.25, 0.3) is 5.69 Å². The highest BCUT2D eigenvalue weighted by Gasteiger charge is 2.56. The highest BCUT2D eigenvalue weighted by molar-refractivity contribution is 5.66. The number of hydrogen-bond acceptors (Lipinski definition) is 4. The largest absolute Gasteiger partial charge is 0.462 e. The van der Waals surface area contributed by atoms with E-state index in [1.165, 1.54) is 36.6 Å². The Morgan fingerprint density at radius 2 is 1.94 bits per heavy atom. The zero-order chi connectivity index (χ0) is 23.7. The molecule has 1 N–H and O–H groups in total. The fourth-order valence-electron chi connectivity index (χ4n) is 7.77. The van der Waals surface area contributed by atoms with Crippen molar-refractivity contribution in [2.24, 2.45) is 23.2 Å². The molecule has 6 rings (SSSR count). The minimum atomic E-state index is -0.233. The fraction of sp³-hybridized carbons (Fsp3) is 0.571. The van der Waals surface area contributed by atoms with Crippen LogP contribution in [0.15, 0.2) is 42.1 Å². The predicted octanol–water partition coefficient (Wildman–Crippen LogP) is 5.83. The second-order valence-electron chi connectivity index (χ2n) is 11.4. The van der Waals surface area contributed by atoms with E-state index in [-0.39, 0.29) is 28.8 Å². The molecule has 6 heteroatoms. The lowest BCUT2D eigenvalue weighted by molar-refractivity contribution is -0.148. The van der Waals surface area contributed by atoms with Gasteiger partial charge in [0.1, 0.15) is 17.7 Å². The van der Waals surface area contributed by atoms with E-state index in [4.69, 9.17) is 4.74 Å². The van der Waals surface area contributed by atoms with Gasteiger partial charge in [0.15, 0.2) is 0 Å². The third-order valence-corrected chi connectivity index (χ3v) is 9.54. The van der Waals surface area contributed by atoms with Gasteiger partial charge in [0, 0.05) is 24.4 Å². The molecule has 2 aromatic rings. The third kappa shape index (κ3) is 3.32. The van der Waals surface area contributed by atoms with E-state index in [1.807, 2.05) is 10.9 Å². The summed E-state index contributed by atoms with van der Waals surface area (Å²) in [5.74, 6) is 2.51. The van der Waals surface area contributed by atoms with Crippen LogP contribution in [0.5, 0.6) is 0 Å². The summed E-state index contributed by atoms with van der Waals surface area (Å²) in [6.07, 6.45) is 11.9. The predicted molar refractivity (Wildman–Crippen MR) is 129 cm³/mol. The number of carbonyl (C=O) groups excluding carboxylic acids is 1. The second-order valence-corrected chi connectivity index (χ2v) is 11.4. The van der Waals surface area contributed by atoms with E-state index in [0.717, 1.165) is 50.0 Å². The van der Waals surface area contributed by atoms with E-state index < -0.39 is 0 Å². The number of nitrogens with zero attached hydrogens (tertiary/aromatic N) is 2. The first-order chi connectivity index (χ1) is 16.3. The standard InChI is InChI=1S/C28H34FN3O2/c1-17(33)34-22-10-12-27(2)19(15-22)4-9-23-24(27)11-13-28(3)25(23)14-18-16-30-32(26(18)31-28)21-7-5-20(29)6-8-21/h4-8,16,22-25,31H,9-15H2,1-3H3. The molecule has 0 spiro atoms. The fourth-order valence-corrected chi connectivity index (χ4v) is 7.77. The Bertz CT molecular complexity index is 1150. The summed E-state index contributed by atoms with van der Waals surface area (Å²) in [6, 6.07) is 6.56. The summed E-state index contributed by atoms with van der Waals surface area (Å²) in [5, 5.41) is 8.59. The molecule has 5 nitrogen and oxygen atoms in total. The average Bonchev–Trinajstić information content (AvgIpc) is 3.19. The molecule has 0 amide bonds. The molecule has 180 valence electrons. The molecule has 1 aromatic carbocycles. The Hall–Kier alpha value is -2.63. The van der Waals surface area contributed by atoms with Crippen molar-refractivity contribution in [1.29, 1.82) is 0 Å². The van der Waals surface area contributed by atoms with Gasteiger partial charge < -0.3 is 10.1 Å². The molecule has 0 bridgehead atoms. The lowest BCUT2D eigenvalue weighted by atomic mass is 9.48. The quantitative estimate of drug-likeness (QED) is 0.450. The number of nitrogens with one attached hydrogen (secondary N) is 1. The van der Waals surface area contributed by atoms with Crippen molar-refractivity contribution in [2.45, 2.75) is 77.4 Å². The maximum atomic E-state index is 13.5. The maximum Gasteiger partial charge on any atom is 0.302 e. The Morgan fingerprint density at radius 1 is 1.15 bits per heavy atom. The van der Waals surface area contributed by atoms with Crippen LogP contribution in [0.3, 0.4) is 0 Å². The van der Waals surface area contributed by atoms with Crippen molar-refractivity contribution in [3.63, 3.8) is 0 Å². The number of ether oxygens (including phenoxy) is 1. The minimum absolute atomic E-state index is 0.0165. The number of carbonyl (C=O) groups is 1. The highest BCUT2D eigenvalue weighted by atomic mass is 19.1. The number of hydrogen-bond donors (Lipinski definition) is 1. The lowest BCUT2D eigenvalue weighted by Gasteiger charge is -2.60. The van der Waals surface area contributed by atoms with Crippen molar-refractivity contribution in [2.75, 3.05) is 5.32 Å². The van der Waals surface area contributed by atoms with Crippen molar-refractivity contribution in [1.82, 2.24) is 9.78 Å². The van der Waals surface area contributed by atoms with Gasteiger partial charge in [-0.1, -0.05) is 18.6 Å². The summed E-state index contributed by atoms with van der Waals surface area (Å²) in [4.78, 5) is 11.5. The van der Waals surface area contributed by atoms with Crippen LogP contribution in [0, 0.1) is 29.0 Å². The number of benzene rings is 1. The normalized spacial score (nSPS) is 36.2. The molecule has 1 aromatic heterocycles. The molecule has 2 fully saturated rings. The van der Waals surface area contributed by atoms with Crippen LogP contribution >= 0.6 is 0 Å². The van der Waals surface area contributed by atoms with Crippen LogP contribution in [0.4, 0.5) is 10.2 Å². The molecular formula is C28H34FN3O2. The Morgan fingerprint density at radius 3 is 2.71 bits per heavy atom. The summed E-state index contributed by atoms with van der Waals surface area (Å²) in [5.41, 5.74) is 3.88. The van der Waals surface area contributed by atoms with Crippen molar-refractivity contribution >= 4 is 11.8 Å². The van der Waals surface area contributed by atoms with E-state index in [9.17, 15) is 9.18 Å². The SMILES string of the molecule is CC(=O)OC1CCC2(C)C(=CCC3C4Cc5cnn(-c6ccc(F)cc6)c5NC4(C)CCC32)C1. The Kier molecular flexibility index (Phi) is 4.95. The topological polar surface area (TPSA) is 56.1 Å². The zero-order valence-electron chi connectivity index (χ0n) is 20.3. The molecule has 2 saturated carbocycles. The van der Waals surface area contributed by atoms with Crippen LogP contribution < -0.4 is 5.32 Å². The first-order valence-corrected chi connectivity index (χ1v) is 12.7. The number of anilines is 1.